The highest BCUT2D eigenvalue weighted by atomic mass is 19.1. The number of halogens is 2. The van der Waals surface area contributed by atoms with Crippen LogP contribution in [-0.4, -0.2) is 13.1 Å². The van der Waals surface area contributed by atoms with Crippen LogP contribution in [0.25, 0.3) is 11.0 Å². The first-order chi connectivity index (χ1) is 15.5. The first-order valence-corrected chi connectivity index (χ1v) is 9.44. The van der Waals surface area contributed by atoms with Crippen LogP contribution in [0.1, 0.15) is 15.9 Å². The molecule has 6 nitrogen and oxygen atoms in total. The van der Waals surface area contributed by atoms with Gasteiger partial charge in [-0.15, -0.1) is 0 Å². The molecule has 32 heavy (non-hydrogen) atoms. The van der Waals surface area contributed by atoms with Gasteiger partial charge in [-0.2, -0.15) is 0 Å². The molecule has 0 unspecified atom stereocenters. The molecule has 3 aromatic carbocycles. The van der Waals surface area contributed by atoms with Gasteiger partial charge in [0.2, 0.25) is 11.2 Å². The summed E-state index contributed by atoms with van der Waals surface area (Å²) in [5, 5.41) is 0.234. The second-order valence-electron chi connectivity index (χ2n) is 6.69. The first-order valence-electron chi connectivity index (χ1n) is 9.44. The van der Waals surface area contributed by atoms with Crippen molar-refractivity contribution in [2.45, 2.75) is 6.61 Å². The summed E-state index contributed by atoms with van der Waals surface area (Å²) >= 11 is 0. The molecular weight excluding hydrogens is 422 g/mol. The molecule has 0 radical (unpaired) electrons. The molecule has 162 valence electrons. The Bertz CT molecular complexity index is 1320. The zero-order valence-corrected chi connectivity index (χ0v) is 16.8. The van der Waals surface area contributed by atoms with Crippen molar-refractivity contribution in [2.24, 2.45) is 0 Å². The van der Waals surface area contributed by atoms with E-state index in [0.717, 1.165) is 18.4 Å². The van der Waals surface area contributed by atoms with Crippen molar-refractivity contribution < 1.29 is 32.2 Å². The summed E-state index contributed by atoms with van der Waals surface area (Å²) in [7, 11) is 1.28. The molecule has 0 bridgehead atoms. The van der Waals surface area contributed by atoms with Crippen molar-refractivity contribution >= 4 is 16.9 Å². The van der Waals surface area contributed by atoms with Gasteiger partial charge >= 0.3 is 5.97 Å². The van der Waals surface area contributed by atoms with Crippen molar-refractivity contribution in [3.05, 3.63) is 99.9 Å². The maximum atomic E-state index is 13.7. The van der Waals surface area contributed by atoms with Crippen molar-refractivity contribution in [1.29, 1.82) is 0 Å². The molecule has 0 fully saturated rings. The van der Waals surface area contributed by atoms with Gasteiger partial charge in [0.05, 0.1) is 23.6 Å². The van der Waals surface area contributed by atoms with E-state index in [-0.39, 0.29) is 34.6 Å². The molecule has 4 rings (SSSR count). The van der Waals surface area contributed by atoms with Gasteiger partial charge in [-0.05, 0) is 48.5 Å². The summed E-state index contributed by atoms with van der Waals surface area (Å²) in [5.74, 6) is -1.35. The van der Waals surface area contributed by atoms with Crippen molar-refractivity contribution in [3.8, 4) is 17.2 Å². The van der Waals surface area contributed by atoms with Crippen molar-refractivity contribution in [1.82, 2.24) is 0 Å². The van der Waals surface area contributed by atoms with Crippen molar-refractivity contribution in [3.63, 3.8) is 0 Å². The van der Waals surface area contributed by atoms with E-state index in [2.05, 4.69) is 4.74 Å². The predicted octanol–water partition coefficient (Wildman–Crippen LogP) is 5.23. The number of ether oxygens (including phenoxy) is 3. The minimum absolute atomic E-state index is 0.0505. The van der Waals surface area contributed by atoms with E-state index in [9.17, 15) is 18.4 Å². The molecular formula is C24H16F2O6. The van der Waals surface area contributed by atoms with Gasteiger partial charge in [-0.25, -0.2) is 13.6 Å². The minimum Gasteiger partial charge on any atom is -0.489 e. The number of fused-ring (bicyclic) bond motifs is 1. The molecule has 4 aromatic rings. The summed E-state index contributed by atoms with van der Waals surface area (Å²) in [6, 6.07) is 14.0. The van der Waals surface area contributed by atoms with Crippen LogP contribution < -0.4 is 14.9 Å². The maximum Gasteiger partial charge on any atom is 0.337 e. The number of esters is 1. The van der Waals surface area contributed by atoms with Gasteiger partial charge in [0.25, 0.3) is 0 Å². The summed E-state index contributed by atoms with van der Waals surface area (Å²) in [6.45, 7) is -0.322. The third kappa shape index (κ3) is 4.29. The third-order valence-corrected chi connectivity index (χ3v) is 4.66. The van der Waals surface area contributed by atoms with Gasteiger partial charge < -0.3 is 18.6 Å². The van der Waals surface area contributed by atoms with Gasteiger partial charge in [-0.1, -0.05) is 6.07 Å². The molecule has 1 aromatic heterocycles. The van der Waals surface area contributed by atoms with Crippen LogP contribution >= 0.6 is 0 Å². The predicted molar refractivity (Wildman–Crippen MR) is 111 cm³/mol. The van der Waals surface area contributed by atoms with Crippen molar-refractivity contribution in [2.75, 3.05) is 7.11 Å². The van der Waals surface area contributed by atoms with Crippen LogP contribution in [0.5, 0.6) is 17.2 Å². The SMILES string of the molecule is COC(=O)c1ccc(Oc2coc3cc(OCc4c(F)cccc4F)ccc3c2=O)cc1. The topological polar surface area (TPSA) is 75.0 Å². The van der Waals surface area contributed by atoms with E-state index in [1.54, 1.807) is 0 Å². The number of methoxy groups -OCH3 is 1. The Balaban J connectivity index is 1.53. The Morgan fingerprint density at radius 1 is 0.969 bits per heavy atom. The number of hydrogen-bond donors (Lipinski definition) is 0. The fraction of sp³-hybridized carbons (Fsp3) is 0.0833. The summed E-state index contributed by atoms with van der Waals surface area (Å²) in [4.78, 5) is 24.2. The molecule has 8 heteroatoms. The lowest BCUT2D eigenvalue weighted by Gasteiger charge is -2.09. The Labute approximate surface area is 180 Å². The lowest BCUT2D eigenvalue weighted by atomic mass is 10.2. The molecule has 0 saturated carbocycles. The fourth-order valence-corrected chi connectivity index (χ4v) is 2.98. The Hall–Kier alpha value is -4.20. The quantitative estimate of drug-likeness (QED) is 0.384. The molecule has 0 atom stereocenters. The molecule has 0 saturated heterocycles. The van der Waals surface area contributed by atoms with Crippen LogP contribution in [0.4, 0.5) is 8.78 Å². The van der Waals surface area contributed by atoms with Gasteiger partial charge in [0.1, 0.15) is 41.6 Å². The third-order valence-electron chi connectivity index (χ3n) is 4.66. The Morgan fingerprint density at radius 3 is 2.34 bits per heavy atom. The lowest BCUT2D eigenvalue weighted by Crippen LogP contribution is -2.06. The molecule has 0 aliphatic carbocycles. The number of benzene rings is 3. The van der Waals surface area contributed by atoms with Crippen LogP contribution in [0.15, 0.2) is 76.1 Å². The van der Waals surface area contributed by atoms with Gasteiger partial charge in [0, 0.05) is 6.07 Å². The largest absolute Gasteiger partial charge is 0.489 e. The fourth-order valence-electron chi connectivity index (χ4n) is 2.98. The van der Waals surface area contributed by atoms with E-state index in [0.29, 0.717) is 11.3 Å². The molecule has 0 N–H and O–H groups in total. The maximum absolute atomic E-state index is 13.7. The zero-order chi connectivity index (χ0) is 22.7. The number of rotatable bonds is 6. The second-order valence-corrected chi connectivity index (χ2v) is 6.69. The van der Waals surface area contributed by atoms with E-state index < -0.39 is 23.0 Å². The molecule has 0 aliphatic heterocycles. The van der Waals surface area contributed by atoms with E-state index in [1.165, 1.54) is 55.6 Å². The number of carbonyl (C=O) groups excluding carboxylic acids is 1. The minimum atomic E-state index is -0.710. The van der Waals surface area contributed by atoms with Gasteiger partial charge in [-0.3, -0.25) is 4.79 Å². The Morgan fingerprint density at radius 2 is 1.66 bits per heavy atom. The summed E-state index contributed by atoms with van der Waals surface area (Å²) in [6.07, 6.45) is 1.15. The monoisotopic (exact) mass is 438 g/mol. The number of hydrogen-bond acceptors (Lipinski definition) is 6. The van der Waals surface area contributed by atoms with Crippen LogP contribution in [0.3, 0.4) is 0 Å². The summed E-state index contributed by atoms with van der Waals surface area (Å²) in [5.41, 5.74) is -0.0610. The van der Waals surface area contributed by atoms with Crippen LogP contribution in [0.2, 0.25) is 0 Å². The average Bonchev–Trinajstić information content (AvgIpc) is 2.80. The molecule has 0 aliphatic rings. The highest BCUT2D eigenvalue weighted by Gasteiger charge is 2.13. The molecule has 0 amide bonds. The number of carbonyl (C=O) groups is 1. The van der Waals surface area contributed by atoms with E-state index in [4.69, 9.17) is 13.9 Å². The second kappa shape index (κ2) is 8.89. The van der Waals surface area contributed by atoms with Crippen LogP contribution in [-0.2, 0) is 11.3 Å². The smallest absolute Gasteiger partial charge is 0.337 e. The van der Waals surface area contributed by atoms with E-state index >= 15 is 0 Å². The zero-order valence-electron chi connectivity index (χ0n) is 16.8. The summed E-state index contributed by atoms with van der Waals surface area (Å²) < 4.78 is 48.6. The highest BCUT2D eigenvalue weighted by molar-refractivity contribution is 5.89. The molecule has 0 spiro atoms. The lowest BCUT2D eigenvalue weighted by molar-refractivity contribution is 0.0600. The van der Waals surface area contributed by atoms with Gasteiger partial charge in [0.15, 0.2) is 0 Å². The normalized spacial score (nSPS) is 10.7. The highest BCUT2D eigenvalue weighted by Crippen LogP contribution is 2.25. The Kier molecular flexibility index (Phi) is 5.85. The van der Waals surface area contributed by atoms with Crippen LogP contribution in [0, 0.1) is 11.6 Å². The molecule has 1 heterocycles. The van der Waals surface area contributed by atoms with E-state index in [1.807, 2.05) is 0 Å². The average molecular weight is 438 g/mol. The standard InChI is InChI=1S/C24H16F2O6/c1-29-24(28)14-5-7-15(8-6-14)32-22-13-31-21-11-16(9-10-17(21)23(22)27)30-12-18-19(25)3-2-4-20(18)26/h2-11,13H,12H2,1H3. The first kappa shape index (κ1) is 21.0.